The minimum absolute atomic E-state index is 0.00248. The Morgan fingerprint density at radius 3 is 2.53 bits per heavy atom. The number of carbonyl (C=O) groups is 1. The summed E-state index contributed by atoms with van der Waals surface area (Å²) in [4.78, 5) is 10.3. The summed E-state index contributed by atoms with van der Waals surface area (Å²) in [6.07, 6.45) is -2.51. The molecule has 1 aromatic carbocycles. The number of aliphatic carboxylic acids is 1. The van der Waals surface area contributed by atoms with Gasteiger partial charge in [-0.25, -0.2) is 4.79 Å². The molecule has 0 fully saturated rings. The van der Waals surface area contributed by atoms with Crippen LogP contribution < -0.4 is 11.3 Å². The van der Waals surface area contributed by atoms with Crippen molar-refractivity contribution in [3.05, 3.63) is 35.4 Å². The van der Waals surface area contributed by atoms with E-state index in [2.05, 4.69) is 5.43 Å². The van der Waals surface area contributed by atoms with Gasteiger partial charge in [0.05, 0.1) is 11.3 Å². The van der Waals surface area contributed by atoms with E-state index < -0.39 is 17.7 Å². The molecule has 0 aromatic heterocycles. The van der Waals surface area contributed by atoms with E-state index in [9.17, 15) is 18.0 Å². The van der Waals surface area contributed by atoms with Gasteiger partial charge in [-0.15, -0.1) is 0 Å². The molecular weight excluding hydrogens is 237 g/mol. The second-order valence-electron chi connectivity index (χ2n) is 3.12. The van der Waals surface area contributed by atoms with Crippen molar-refractivity contribution in [2.24, 2.45) is 5.84 Å². The van der Waals surface area contributed by atoms with Crippen LogP contribution in [-0.4, -0.2) is 11.1 Å². The van der Waals surface area contributed by atoms with Crippen LogP contribution in [0.3, 0.4) is 0 Å². The Labute approximate surface area is 94.5 Å². The van der Waals surface area contributed by atoms with Crippen LogP contribution in [0.1, 0.15) is 11.1 Å². The van der Waals surface area contributed by atoms with Crippen LogP contribution in [0.15, 0.2) is 24.3 Å². The van der Waals surface area contributed by atoms with Gasteiger partial charge in [0.15, 0.2) is 0 Å². The summed E-state index contributed by atoms with van der Waals surface area (Å²) in [6.45, 7) is 0. The number of nitrogens with one attached hydrogen (secondary N) is 1. The van der Waals surface area contributed by atoms with Gasteiger partial charge < -0.3 is 10.5 Å². The number of hydrazine groups is 1. The molecule has 0 aliphatic carbocycles. The Balaban J connectivity index is 3.14. The molecule has 17 heavy (non-hydrogen) atoms. The van der Waals surface area contributed by atoms with E-state index >= 15 is 0 Å². The zero-order chi connectivity index (χ0) is 13.1. The summed E-state index contributed by atoms with van der Waals surface area (Å²) >= 11 is 0. The predicted octanol–water partition coefficient (Wildman–Crippen LogP) is 2.09. The number of anilines is 1. The third kappa shape index (κ3) is 3.49. The van der Waals surface area contributed by atoms with Crippen molar-refractivity contribution >= 4 is 17.7 Å². The lowest BCUT2D eigenvalue weighted by Gasteiger charge is -2.10. The van der Waals surface area contributed by atoms with Crippen LogP contribution in [0.4, 0.5) is 18.9 Å². The lowest BCUT2D eigenvalue weighted by atomic mass is 10.1. The van der Waals surface area contributed by atoms with Gasteiger partial charge in [-0.1, -0.05) is 6.07 Å². The van der Waals surface area contributed by atoms with Gasteiger partial charge in [-0.3, -0.25) is 5.84 Å². The van der Waals surface area contributed by atoms with E-state index in [4.69, 9.17) is 10.9 Å². The number of rotatable bonds is 3. The monoisotopic (exact) mass is 246 g/mol. The van der Waals surface area contributed by atoms with Gasteiger partial charge in [0.2, 0.25) is 0 Å². The van der Waals surface area contributed by atoms with Crippen molar-refractivity contribution in [1.29, 1.82) is 0 Å². The fraction of sp³-hybridized carbons (Fsp3) is 0.100. The first-order valence-corrected chi connectivity index (χ1v) is 4.43. The van der Waals surface area contributed by atoms with Crippen LogP contribution in [-0.2, 0) is 11.0 Å². The average Bonchev–Trinajstić information content (AvgIpc) is 2.24. The fourth-order valence-electron chi connectivity index (χ4n) is 1.16. The van der Waals surface area contributed by atoms with E-state index in [0.717, 1.165) is 30.4 Å². The third-order valence-corrected chi connectivity index (χ3v) is 1.94. The topological polar surface area (TPSA) is 75.3 Å². The molecular formula is C10H9F3N2O2. The smallest absolute Gasteiger partial charge is 0.416 e. The highest BCUT2D eigenvalue weighted by atomic mass is 19.4. The van der Waals surface area contributed by atoms with Crippen LogP contribution >= 0.6 is 0 Å². The molecule has 0 aliphatic heterocycles. The summed E-state index contributed by atoms with van der Waals surface area (Å²) in [7, 11) is 0. The summed E-state index contributed by atoms with van der Waals surface area (Å²) in [5.41, 5.74) is 1.47. The Kier molecular flexibility index (Phi) is 3.74. The molecule has 0 saturated heterocycles. The molecule has 0 atom stereocenters. The van der Waals surface area contributed by atoms with Gasteiger partial charge >= 0.3 is 12.1 Å². The van der Waals surface area contributed by atoms with Crippen molar-refractivity contribution < 1.29 is 23.1 Å². The number of alkyl halides is 3. The molecule has 0 heterocycles. The summed E-state index contributed by atoms with van der Waals surface area (Å²) in [6, 6.07) is 2.79. The first-order valence-electron chi connectivity index (χ1n) is 4.43. The summed E-state index contributed by atoms with van der Waals surface area (Å²) in [5, 5.41) is 8.40. The molecule has 0 spiro atoms. The number of benzene rings is 1. The third-order valence-electron chi connectivity index (χ3n) is 1.94. The van der Waals surface area contributed by atoms with E-state index in [1.165, 1.54) is 0 Å². The van der Waals surface area contributed by atoms with Crippen molar-refractivity contribution in [2.75, 3.05) is 5.43 Å². The number of hydrogen-bond donors (Lipinski definition) is 3. The number of nitrogens with two attached hydrogens (primary N) is 1. The molecule has 4 nitrogen and oxygen atoms in total. The highest BCUT2D eigenvalue weighted by molar-refractivity contribution is 5.86. The Morgan fingerprint density at radius 1 is 1.41 bits per heavy atom. The molecule has 7 heteroatoms. The maximum atomic E-state index is 12.4. The van der Waals surface area contributed by atoms with Crippen LogP contribution in [0.25, 0.3) is 6.08 Å². The van der Waals surface area contributed by atoms with Crippen molar-refractivity contribution in [1.82, 2.24) is 0 Å². The van der Waals surface area contributed by atoms with Crippen LogP contribution in [0.2, 0.25) is 0 Å². The summed E-state index contributed by atoms with van der Waals surface area (Å²) in [5.74, 6) is 3.87. The summed E-state index contributed by atoms with van der Waals surface area (Å²) < 4.78 is 37.1. The maximum absolute atomic E-state index is 12.4. The minimum atomic E-state index is -4.47. The van der Waals surface area contributed by atoms with E-state index in [1.807, 2.05) is 0 Å². The molecule has 0 unspecified atom stereocenters. The maximum Gasteiger partial charge on any atom is 0.416 e. The normalized spacial score (nSPS) is 11.8. The van der Waals surface area contributed by atoms with Gasteiger partial charge in [0.1, 0.15) is 0 Å². The second kappa shape index (κ2) is 4.88. The molecule has 0 radical (unpaired) electrons. The Morgan fingerprint density at radius 2 is 2.06 bits per heavy atom. The minimum Gasteiger partial charge on any atom is -0.478 e. The standard InChI is InChI=1S/C10H9F3N2O2/c11-10(12,13)7-3-1-6(2-4-9(16)17)8(5-7)15-14/h1-5,15H,14H2,(H,16,17). The van der Waals surface area contributed by atoms with Gasteiger partial charge in [-0.2, -0.15) is 13.2 Å². The van der Waals surface area contributed by atoms with E-state index in [-0.39, 0.29) is 11.3 Å². The van der Waals surface area contributed by atoms with Crippen LogP contribution in [0, 0.1) is 0 Å². The molecule has 4 N–H and O–H groups in total. The number of hydrogen-bond acceptors (Lipinski definition) is 3. The van der Waals surface area contributed by atoms with E-state index in [0.29, 0.717) is 0 Å². The Hall–Kier alpha value is -2.02. The van der Waals surface area contributed by atoms with Gasteiger partial charge in [0, 0.05) is 6.08 Å². The predicted molar refractivity (Wildman–Crippen MR) is 55.9 cm³/mol. The quantitative estimate of drug-likeness (QED) is 0.433. The number of nitrogen functional groups attached to an aromatic ring is 1. The molecule has 1 aromatic rings. The SMILES string of the molecule is NNc1cc(C(F)(F)F)ccc1C=CC(=O)O. The number of carboxylic acid groups (broad SMARTS) is 1. The van der Waals surface area contributed by atoms with Crippen molar-refractivity contribution in [3.8, 4) is 0 Å². The highest BCUT2D eigenvalue weighted by Gasteiger charge is 2.30. The molecule has 1 rings (SSSR count). The highest BCUT2D eigenvalue weighted by Crippen LogP contribution is 2.32. The number of halogens is 3. The lowest BCUT2D eigenvalue weighted by Crippen LogP contribution is -2.11. The molecule has 0 bridgehead atoms. The molecule has 92 valence electrons. The van der Waals surface area contributed by atoms with Gasteiger partial charge in [-0.05, 0) is 23.8 Å². The van der Waals surface area contributed by atoms with Crippen LogP contribution in [0.5, 0.6) is 0 Å². The largest absolute Gasteiger partial charge is 0.478 e. The molecule has 0 aliphatic rings. The number of carboxylic acids is 1. The van der Waals surface area contributed by atoms with Crippen molar-refractivity contribution in [3.63, 3.8) is 0 Å². The molecule has 0 saturated carbocycles. The zero-order valence-corrected chi connectivity index (χ0v) is 8.45. The first kappa shape index (κ1) is 13.0. The second-order valence-corrected chi connectivity index (χ2v) is 3.12. The Bertz CT molecular complexity index is 455. The van der Waals surface area contributed by atoms with E-state index in [1.54, 1.807) is 0 Å². The lowest BCUT2D eigenvalue weighted by molar-refractivity contribution is -0.137. The zero-order valence-electron chi connectivity index (χ0n) is 8.45. The fourth-order valence-corrected chi connectivity index (χ4v) is 1.16. The van der Waals surface area contributed by atoms with Crippen molar-refractivity contribution in [2.45, 2.75) is 6.18 Å². The molecule has 0 amide bonds. The average molecular weight is 246 g/mol. The van der Waals surface area contributed by atoms with Gasteiger partial charge in [0.25, 0.3) is 0 Å². The first-order chi connectivity index (χ1) is 7.84.